The number of nitrogens with zero attached hydrogens (tertiary/aromatic N) is 2. The molecule has 1 aromatic rings. The minimum absolute atomic E-state index is 0.0257. The van der Waals surface area contributed by atoms with Gasteiger partial charge in [-0.2, -0.15) is 0 Å². The molecule has 5 heteroatoms. The van der Waals surface area contributed by atoms with Crippen LogP contribution in [0.2, 0.25) is 0 Å². The van der Waals surface area contributed by atoms with E-state index in [2.05, 4.69) is 21.2 Å². The molecule has 2 heterocycles. The van der Waals surface area contributed by atoms with E-state index in [0.717, 1.165) is 63.1 Å². The molecule has 0 atom stereocenters. The van der Waals surface area contributed by atoms with Gasteiger partial charge in [-0.25, -0.2) is 0 Å². The molecular weight excluding hydrogens is 326 g/mol. The van der Waals surface area contributed by atoms with Crippen molar-refractivity contribution in [3.05, 3.63) is 29.3 Å². The normalized spacial score (nSPS) is 19.4. The Morgan fingerprint density at radius 2 is 1.73 bits per heavy atom. The fraction of sp³-hybridized carbons (Fsp3) is 0.619. The van der Waals surface area contributed by atoms with E-state index in [0.29, 0.717) is 12.5 Å². The Hall–Kier alpha value is -1.88. The molecule has 0 aromatic heterocycles. The Bertz CT molecular complexity index is 645. The maximum atomic E-state index is 12.6. The van der Waals surface area contributed by atoms with E-state index < -0.39 is 0 Å². The van der Waals surface area contributed by atoms with Crippen LogP contribution in [0.5, 0.6) is 0 Å². The second-order valence-corrected chi connectivity index (χ2v) is 7.80. The van der Waals surface area contributed by atoms with Crippen LogP contribution in [-0.4, -0.2) is 54.3 Å². The van der Waals surface area contributed by atoms with E-state index in [1.807, 2.05) is 26.0 Å². The lowest BCUT2D eigenvalue weighted by molar-refractivity contribution is -0.138. The van der Waals surface area contributed by atoms with Crippen LogP contribution in [0.15, 0.2) is 18.2 Å². The number of amides is 2. The molecule has 26 heavy (non-hydrogen) atoms. The van der Waals surface area contributed by atoms with Crippen LogP contribution in [0.4, 0.5) is 5.69 Å². The van der Waals surface area contributed by atoms with Crippen LogP contribution < -0.4 is 5.32 Å². The Morgan fingerprint density at radius 3 is 2.38 bits per heavy atom. The van der Waals surface area contributed by atoms with Gasteiger partial charge >= 0.3 is 0 Å². The first-order valence-corrected chi connectivity index (χ1v) is 9.91. The van der Waals surface area contributed by atoms with E-state index in [4.69, 9.17) is 0 Å². The molecule has 5 nitrogen and oxygen atoms in total. The van der Waals surface area contributed by atoms with Gasteiger partial charge in [0.15, 0.2) is 0 Å². The third-order valence-electron chi connectivity index (χ3n) is 5.63. The molecule has 1 N–H and O–H groups in total. The molecule has 0 radical (unpaired) electrons. The molecule has 0 spiro atoms. The molecule has 2 fully saturated rings. The van der Waals surface area contributed by atoms with Gasteiger partial charge < -0.3 is 10.2 Å². The average Bonchev–Trinajstić information content (AvgIpc) is 2.65. The van der Waals surface area contributed by atoms with Crippen molar-refractivity contribution >= 4 is 17.5 Å². The van der Waals surface area contributed by atoms with E-state index in [-0.39, 0.29) is 11.8 Å². The number of aryl methyl sites for hydroxylation is 2. The van der Waals surface area contributed by atoms with Crippen molar-refractivity contribution in [3.63, 3.8) is 0 Å². The lowest BCUT2D eigenvalue weighted by atomic mass is 9.94. The number of likely N-dealkylation sites (tertiary alicyclic amines) is 2. The topological polar surface area (TPSA) is 52.7 Å². The minimum Gasteiger partial charge on any atom is -0.342 e. The van der Waals surface area contributed by atoms with Crippen molar-refractivity contribution in [1.82, 2.24) is 9.80 Å². The Labute approximate surface area is 156 Å². The highest BCUT2D eigenvalue weighted by atomic mass is 16.2. The first kappa shape index (κ1) is 18.9. The molecule has 0 aliphatic carbocycles. The molecule has 142 valence electrons. The number of piperidine rings is 2. The summed E-state index contributed by atoms with van der Waals surface area (Å²) in [6, 6.07) is 6.06. The summed E-state index contributed by atoms with van der Waals surface area (Å²) in [5.74, 6) is 0.508. The summed E-state index contributed by atoms with van der Waals surface area (Å²) < 4.78 is 0. The maximum Gasteiger partial charge on any atom is 0.238 e. The third-order valence-corrected chi connectivity index (χ3v) is 5.63. The number of hydrogen-bond donors (Lipinski definition) is 1. The van der Waals surface area contributed by atoms with Gasteiger partial charge in [-0.05, 0) is 70.7 Å². The summed E-state index contributed by atoms with van der Waals surface area (Å²) in [5.41, 5.74) is 3.17. The number of benzene rings is 1. The fourth-order valence-electron chi connectivity index (χ4n) is 4.06. The number of nitrogens with one attached hydrogen (secondary N) is 1. The maximum absolute atomic E-state index is 12.6. The summed E-state index contributed by atoms with van der Waals surface area (Å²) in [4.78, 5) is 29.2. The van der Waals surface area contributed by atoms with Crippen LogP contribution in [0.25, 0.3) is 0 Å². The quantitative estimate of drug-likeness (QED) is 0.901. The van der Waals surface area contributed by atoms with Crippen molar-refractivity contribution in [1.29, 1.82) is 0 Å². The molecule has 1 aromatic carbocycles. The van der Waals surface area contributed by atoms with Crippen molar-refractivity contribution in [2.45, 2.75) is 46.0 Å². The number of rotatable bonds is 4. The van der Waals surface area contributed by atoms with Gasteiger partial charge in [0.05, 0.1) is 6.54 Å². The van der Waals surface area contributed by atoms with Crippen LogP contribution in [0.3, 0.4) is 0 Å². The second kappa shape index (κ2) is 8.67. The van der Waals surface area contributed by atoms with Gasteiger partial charge in [0.1, 0.15) is 0 Å². The first-order chi connectivity index (χ1) is 12.5. The number of anilines is 1. The van der Waals surface area contributed by atoms with Crippen molar-refractivity contribution in [3.8, 4) is 0 Å². The average molecular weight is 357 g/mol. The second-order valence-electron chi connectivity index (χ2n) is 7.80. The summed E-state index contributed by atoms with van der Waals surface area (Å²) in [6.45, 7) is 7.97. The fourth-order valence-corrected chi connectivity index (χ4v) is 4.06. The molecule has 2 amide bonds. The smallest absolute Gasteiger partial charge is 0.238 e. The van der Waals surface area contributed by atoms with E-state index >= 15 is 0 Å². The summed E-state index contributed by atoms with van der Waals surface area (Å²) in [7, 11) is 0. The molecule has 2 aliphatic heterocycles. The van der Waals surface area contributed by atoms with Crippen LogP contribution in [-0.2, 0) is 9.59 Å². The zero-order valence-electron chi connectivity index (χ0n) is 16.1. The largest absolute Gasteiger partial charge is 0.342 e. The lowest BCUT2D eigenvalue weighted by Crippen LogP contribution is -2.45. The molecule has 0 bridgehead atoms. The van der Waals surface area contributed by atoms with Crippen molar-refractivity contribution in [2.24, 2.45) is 5.92 Å². The Kier molecular flexibility index (Phi) is 6.30. The molecule has 0 saturated carbocycles. The monoisotopic (exact) mass is 357 g/mol. The van der Waals surface area contributed by atoms with E-state index in [1.54, 1.807) is 0 Å². The third kappa shape index (κ3) is 4.85. The molecular formula is C21H31N3O2. The van der Waals surface area contributed by atoms with Gasteiger partial charge in [0, 0.05) is 24.7 Å². The van der Waals surface area contributed by atoms with E-state index in [9.17, 15) is 9.59 Å². The van der Waals surface area contributed by atoms with Crippen molar-refractivity contribution in [2.75, 3.05) is 38.0 Å². The lowest BCUT2D eigenvalue weighted by Gasteiger charge is -2.35. The zero-order valence-corrected chi connectivity index (χ0v) is 16.1. The Morgan fingerprint density at radius 1 is 1.04 bits per heavy atom. The number of hydrogen-bond acceptors (Lipinski definition) is 3. The number of carbonyl (C=O) groups is 2. The van der Waals surface area contributed by atoms with Crippen LogP contribution in [0.1, 0.15) is 43.2 Å². The van der Waals surface area contributed by atoms with Crippen LogP contribution in [0, 0.1) is 19.8 Å². The molecule has 2 saturated heterocycles. The zero-order chi connectivity index (χ0) is 18.5. The summed E-state index contributed by atoms with van der Waals surface area (Å²) in [6.07, 6.45) is 5.27. The first-order valence-electron chi connectivity index (χ1n) is 9.91. The number of carbonyl (C=O) groups excluding carboxylic acids is 2. The predicted octanol–water partition coefficient (Wildman–Crippen LogP) is 2.97. The Balaban J connectivity index is 1.44. The van der Waals surface area contributed by atoms with Gasteiger partial charge in [0.25, 0.3) is 0 Å². The highest BCUT2D eigenvalue weighted by Gasteiger charge is 2.29. The molecule has 2 aliphatic rings. The van der Waals surface area contributed by atoms with Gasteiger partial charge in [-0.1, -0.05) is 17.7 Å². The summed E-state index contributed by atoms with van der Waals surface area (Å²) in [5, 5.41) is 3.01. The molecule has 0 unspecified atom stereocenters. The highest BCUT2D eigenvalue weighted by molar-refractivity contribution is 5.93. The minimum atomic E-state index is 0.0257. The van der Waals surface area contributed by atoms with Gasteiger partial charge in [-0.15, -0.1) is 0 Å². The standard InChI is InChI=1S/C21H31N3O2/c1-16-6-7-19(17(2)14-16)22-20(25)15-23-12-8-18(9-13-23)21(26)24-10-4-3-5-11-24/h6-7,14,18H,3-5,8-13,15H2,1-2H3,(H,22,25). The predicted molar refractivity (Wildman–Crippen MR) is 104 cm³/mol. The van der Waals surface area contributed by atoms with Crippen LogP contribution >= 0.6 is 0 Å². The van der Waals surface area contributed by atoms with Gasteiger partial charge in [-0.3, -0.25) is 14.5 Å². The highest BCUT2D eigenvalue weighted by Crippen LogP contribution is 2.22. The van der Waals surface area contributed by atoms with Crippen molar-refractivity contribution < 1.29 is 9.59 Å². The SMILES string of the molecule is Cc1ccc(NC(=O)CN2CCC(C(=O)N3CCCCC3)CC2)c(C)c1. The summed E-state index contributed by atoms with van der Waals surface area (Å²) >= 11 is 0. The van der Waals surface area contributed by atoms with E-state index in [1.165, 1.54) is 12.0 Å². The molecule has 3 rings (SSSR count). The van der Waals surface area contributed by atoms with Gasteiger partial charge in [0.2, 0.25) is 11.8 Å².